The fourth-order valence-corrected chi connectivity index (χ4v) is 4.04. The van der Waals surface area contributed by atoms with Crippen molar-refractivity contribution >= 4 is 16.7 Å². The minimum Gasteiger partial charge on any atom is -0.361 e. The number of H-pyrrole nitrogens is 1. The number of nitrogens with one attached hydrogen (secondary N) is 2. The highest BCUT2D eigenvalue weighted by molar-refractivity contribution is 6.03. The van der Waals surface area contributed by atoms with E-state index in [1.165, 1.54) is 5.56 Å². The van der Waals surface area contributed by atoms with Gasteiger partial charge in [0.2, 0.25) is 0 Å². The molecule has 2 aromatic carbocycles. The lowest BCUT2D eigenvalue weighted by Crippen LogP contribution is -2.41. The Balaban J connectivity index is 1.72. The first-order valence-corrected chi connectivity index (χ1v) is 9.13. The lowest BCUT2D eigenvalue weighted by Gasteiger charge is -2.31. The summed E-state index contributed by atoms with van der Waals surface area (Å²) in [5.41, 5.74) is 2.78. The van der Waals surface area contributed by atoms with E-state index < -0.39 is 0 Å². The van der Waals surface area contributed by atoms with Crippen molar-refractivity contribution in [3.63, 3.8) is 0 Å². The van der Waals surface area contributed by atoms with E-state index in [1.54, 1.807) is 0 Å². The predicted octanol–water partition coefficient (Wildman–Crippen LogP) is 4.35. The topological polar surface area (TPSA) is 44.9 Å². The van der Waals surface area contributed by atoms with Crippen LogP contribution >= 0.6 is 0 Å². The van der Waals surface area contributed by atoms with Crippen LogP contribution in [0.1, 0.15) is 35.2 Å². The molecule has 128 valence electrons. The normalized spacial score (nSPS) is 21.1. The van der Waals surface area contributed by atoms with Crippen LogP contribution in [0.2, 0.25) is 0 Å². The number of ketones is 1. The zero-order valence-corrected chi connectivity index (χ0v) is 14.4. The van der Waals surface area contributed by atoms with Gasteiger partial charge >= 0.3 is 0 Å². The average Bonchev–Trinajstić information content (AvgIpc) is 2.99. The Morgan fingerprint density at radius 1 is 1.04 bits per heavy atom. The van der Waals surface area contributed by atoms with E-state index in [-0.39, 0.29) is 11.2 Å². The predicted molar refractivity (Wildman–Crippen MR) is 102 cm³/mol. The number of aromatic amines is 1. The number of hydrogen-bond acceptors (Lipinski definition) is 2. The Hall–Kier alpha value is -2.39. The van der Waals surface area contributed by atoms with Crippen LogP contribution in [0.15, 0.2) is 60.8 Å². The van der Waals surface area contributed by atoms with Crippen LogP contribution in [0.3, 0.4) is 0 Å². The monoisotopic (exact) mass is 332 g/mol. The van der Waals surface area contributed by atoms with E-state index in [4.69, 9.17) is 0 Å². The third-order valence-corrected chi connectivity index (χ3v) is 5.40. The van der Waals surface area contributed by atoms with Crippen LogP contribution in [-0.2, 0) is 6.42 Å². The van der Waals surface area contributed by atoms with E-state index in [0.717, 1.165) is 55.2 Å². The number of fused-ring (bicyclic) bond motifs is 1. The van der Waals surface area contributed by atoms with Crippen molar-refractivity contribution in [2.45, 2.75) is 25.7 Å². The molecular weight excluding hydrogens is 308 g/mol. The minimum absolute atomic E-state index is 0.272. The summed E-state index contributed by atoms with van der Waals surface area (Å²) >= 11 is 0. The van der Waals surface area contributed by atoms with Gasteiger partial charge in [0.25, 0.3) is 0 Å². The van der Waals surface area contributed by atoms with E-state index in [1.807, 2.05) is 36.5 Å². The van der Waals surface area contributed by atoms with Crippen molar-refractivity contribution in [3.8, 4) is 0 Å². The minimum atomic E-state index is -0.359. The first-order chi connectivity index (χ1) is 12.3. The van der Waals surface area contributed by atoms with Gasteiger partial charge in [-0.2, -0.15) is 0 Å². The molecule has 1 unspecified atom stereocenters. The largest absolute Gasteiger partial charge is 0.361 e. The molecule has 1 aliphatic rings. The summed E-state index contributed by atoms with van der Waals surface area (Å²) in [6, 6.07) is 18.5. The van der Waals surface area contributed by atoms with Gasteiger partial charge in [0.15, 0.2) is 5.78 Å². The van der Waals surface area contributed by atoms with Crippen LogP contribution < -0.4 is 5.32 Å². The molecule has 0 radical (unpaired) electrons. The Morgan fingerprint density at radius 2 is 1.92 bits per heavy atom. The second-order valence-electron chi connectivity index (χ2n) is 7.19. The van der Waals surface area contributed by atoms with Crippen LogP contribution in [0.5, 0.6) is 0 Å². The molecule has 0 aliphatic carbocycles. The first-order valence-electron chi connectivity index (χ1n) is 9.13. The van der Waals surface area contributed by atoms with Gasteiger partial charge < -0.3 is 10.3 Å². The molecule has 0 amide bonds. The third kappa shape index (κ3) is 3.24. The number of hydrogen-bond donors (Lipinski definition) is 2. The maximum atomic E-state index is 13.6. The summed E-state index contributed by atoms with van der Waals surface area (Å²) in [6.07, 6.45) is 5.90. The zero-order valence-electron chi connectivity index (χ0n) is 14.4. The Labute approximate surface area is 148 Å². The Morgan fingerprint density at radius 3 is 2.80 bits per heavy atom. The zero-order chi connectivity index (χ0) is 17.1. The molecule has 1 aromatic heterocycles. The van der Waals surface area contributed by atoms with Crippen molar-refractivity contribution in [1.29, 1.82) is 0 Å². The molecule has 4 rings (SSSR count). The average molecular weight is 332 g/mol. The number of benzene rings is 2. The second kappa shape index (κ2) is 6.85. The van der Waals surface area contributed by atoms with Crippen LogP contribution in [-0.4, -0.2) is 23.9 Å². The van der Waals surface area contributed by atoms with Gasteiger partial charge in [0.1, 0.15) is 0 Å². The highest BCUT2D eigenvalue weighted by atomic mass is 16.1. The van der Waals surface area contributed by atoms with Crippen molar-refractivity contribution in [2.24, 2.45) is 5.41 Å². The summed E-state index contributed by atoms with van der Waals surface area (Å²) in [5.74, 6) is 0.272. The molecule has 1 fully saturated rings. The molecule has 2 heterocycles. The lowest BCUT2D eigenvalue weighted by molar-refractivity contribution is 0.0779. The van der Waals surface area contributed by atoms with E-state index >= 15 is 0 Å². The lowest BCUT2D eigenvalue weighted by atomic mass is 9.72. The van der Waals surface area contributed by atoms with Crippen LogP contribution in [0.25, 0.3) is 10.9 Å². The third-order valence-electron chi connectivity index (χ3n) is 5.40. The van der Waals surface area contributed by atoms with Crippen molar-refractivity contribution < 1.29 is 4.79 Å². The molecule has 3 heteroatoms. The maximum absolute atomic E-state index is 13.6. The molecule has 0 saturated carbocycles. The molecule has 1 saturated heterocycles. The van der Waals surface area contributed by atoms with Gasteiger partial charge in [-0.15, -0.1) is 0 Å². The molecule has 3 aromatic rings. The number of Topliss-reactive ketones (excluding diaryl/α,β-unsaturated/α-hetero) is 1. The van der Waals surface area contributed by atoms with Gasteiger partial charge in [-0.3, -0.25) is 4.79 Å². The Bertz CT molecular complexity index is 858. The summed E-state index contributed by atoms with van der Waals surface area (Å²) in [5, 5.41) is 4.61. The number of rotatable bonds is 4. The van der Waals surface area contributed by atoms with Crippen LogP contribution in [0.4, 0.5) is 0 Å². The van der Waals surface area contributed by atoms with E-state index in [9.17, 15) is 4.79 Å². The summed E-state index contributed by atoms with van der Waals surface area (Å²) in [6.45, 7) is 1.76. The summed E-state index contributed by atoms with van der Waals surface area (Å²) in [7, 11) is 0. The highest BCUT2D eigenvalue weighted by Gasteiger charge is 2.39. The molecule has 0 spiro atoms. The van der Waals surface area contributed by atoms with Gasteiger partial charge in [0.05, 0.1) is 5.41 Å². The number of aromatic nitrogens is 1. The number of carbonyl (C=O) groups is 1. The van der Waals surface area contributed by atoms with E-state index in [0.29, 0.717) is 0 Å². The molecule has 2 N–H and O–H groups in total. The van der Waals surface area contributed by atoms with Crippen molar-refractivity contribution in [1.82, 2.24) is 10.3 Å². The molecule has 1 aliphatic heterocycles. The molecular formula is C22H24N2O. The smallest absolute Gasteiger partial charge is 0.170 e. The SMILES string of the molecule is O=C(c1ccc2[nH]ccc2c1)C1(Cc2ccccc2)CCCCNC1. The summed E-state index contributed by atoms with van der Waals surface area (Å²) in [4.78, 5) is 16.8. The van der Waals surface area contributed by atoms with Crippen molar-refractivity contribution in [3.05, 3.63) is 71.9 Å². The number of carbonyl (C=O) groups excluding carboxylic acids is 1. The molecule has 0 bridgehead atoms. The fourth-order valence-electron chi connectivity index (χ4n) is 4.04. The fraction of sp³-hybridized carbons (Fsp3) is 0.318. The van der Waals surface area contributed by atoms with E-state index in [2.05, 4.69) is 34.6 Å². The second-order valence-corrected chi connectivity index (χ2v) is 7.19. The Kier molecular flexibility index (Phi) is 4.41. The van der Waals surface area contributed by atoms with Crippen molar-refractivity contribution in [2.75, 3.05) is 13.1 Å². The molecule has 25 heavy (non-hydrogen) atoms. The molecule has 3 nitrogen and oxygen atoms in total. The highest BCUT2D eigenvalue weighted by Crippen LogP contribution is 2.35. The van der Waals surface area contributed by atoms with Gasteiger partial charge in [0, 0.05) is 29.2 Å². The van der Waals surface area contributed by atoms with Gasteiger partial charge in [-0.05, 0) is 55.6 Å². The van der Waals surface area contributed by atoms with Crippen LogP contribution in [0, 0.1) is 5.41 Å². The quantitative estimate of drug-likeness (QED) is 0.698. The summed E-state index contributed by atoms with van der Waals surface area (Å²) < 4.78 is 0. The van der Waals surface area contributed by atoms with Gasteiger partial charge in [-0.25, -0.2) is 0 Å². The standard InChI is InChI=1S/C22H24N2O/c25-21(19-8-9-20-18(14-19)10-13-24-20)22(11-4-5-12-23-16-22)15-17-6-2-1-3-7-17/h1-3,6-10,13-14,23-24H,4-5,11-12,15-16H2. The molecule has 1 atom stereocenters. The first kappa shape index (κ1) is 16.1. The van der Waals surface area contributed by atoms with Gasteiger partial charge in [-0.1, -0.05) is 36.8 Å². The maximum Gasteiger partial charge on any atom is 0.170 e.